The van der Waals surface area contributed by atoms with Gasteiger partial charge in [-0.1, -0.05) is 31.2 Å². The van der Waals surface area contributed by atoms with E-state index < -0.39 is 0 Å². The van der Waals surface area contributed by atoms with Gasteiger partial charge in [-0.25, -0.2) is 0 Å². The number of aryl methyl sites for hydroxylation is 1. The topological polar surface area (TPSA) is 52.1 Å². The molecule has 2 N–H and O–H groups in total. The number of hydrogen-bond donors (Lipinski definition) is 2. The van der Waals surface area contributed by atoms with Crippen LogP contribution in [0.5, 0.6) is 0 Å². The molecule has 0 bridgehead atoms. The number of morpholine rings is 1. The summed E-state index contributed by atoms with van der Waals surface area (Å²) in [4.78, 5) is 9.02. The van der Waals surface area contributed by atoms with Gasteiger partial charge in [0, 0.05) is 39.8 Å². The van der Waals surface area contributed by atoms with E-state index in [1.165, 1.54) is 11.1 Å². The van der Waals surface area contributed by atoms with Crippen LogP contribution in [0.3, 0.4) is 0 Å². The van der Waals surface area contributed by atoms with Crippen molar-refractivity contribution in [1.29, 1.82) is 0 Å². The number of likely N-dealkylation sites (N-methyl/N-ethyl adjacent to an activating group) is 1. The first-order chi connectivity index (χ1) is 12.6. The number of rotatable bonds is 8. The van der Waals surface area contributed by atoms with Gasteiger partial charge in [-0.15, -0.1) is 24.0 Å². The molecule has 154 valence electrons. The average molecular weight is 489 g/mol. The van der Waals surface area contributed by atoms with Crippen LogP contribution in [0.2, 0.25) is 0 Å². The Morgan fingerprint density at radius 1 is 1.19 bits per heavy atom. The summed E-state index contributed by atoms with van der Waals surface area (Å²) >= 11 is 0. The van der Waals surface area contributed by atoms with Gasteiger partial charge in [-0.05, 0) is 31.6 Å². The molecule has 1 aromatic rings. The zero-order chi connectivity index (χ0) is 18.8. The molecule has 6 nitrogen and oxygen atoms in total. The minimum absolute atomic E-state index is 0. The zero-order valence-electron chi connectivity index (χ0n) is 17.2. The maximum atomic E-state index is 5.39. The van der Waals surface area contributed by atoms with Gasteiger partial charge >= 0.3 is 0 Å². The number of guanidine groups is 1. The molecule has 0 aliphatic carbocycles. The second kappa shape index (κ2) is 13.3. The third-order valence-corrected chi connectivity index (χ3v) is 4.91. The Morgan fingerprint density at radius 3 is 2.41 bits per heavy atom. The monoisotopic (exact) mass is 489 g/mol. The molecule has 1 heterocycles. The lowest BCUT2D eigenvalue weighted by atomic mass is 10.0. The van der Waals surface area contributed by atoms with Crippen LogP contribution in [-0.4, -0.2) is 82.8 Å². The standard InChI is InChI=1S/C20H35N5O.HI/c1-5-17-6-8-18(9-7-17)19(24(3)4)16-23-20(21-2)22-10-11-25-12-14-26-15-13-25;/h6-9,19H,5,10-16H2,1-4H3,(H2,21,22,23);1H. The number of nitrogens with zero attached hydrogens (tertiary/aromatic N) is 3. The Hall–Kier alpha value is -0.900. The summed E-state index contributed by atoms with van der Waals surface area (Å²) in [7, 11) is 6.06. The van der Waals surface area contributed by atoms with Gasteiger partial charge in [0.15, 0.2) is 5.96 Å². The van der Waals surface area contributed by atoms with E-state index >= 15 is 0 Å². The molecule has 27 heavy (non-hydrogen) atoms. The summed E-state index contributed by atoms with van der Waals surface area (Å²) in [6.07, 6.45) is 1.07. The van der Waals surface area contributed by atoms with E-state index in [1.54, 1.807) is 0 Å². The smallest absolute Gasteiger partial charge is 0.191 e. The van der Waals surface area contributed by atoms with Crippen molar-refractivity contribution in [3.8, 4) is 0 Å². The second-order valence-electron chi connectivity index (χ2n) is 6.91. The number of benzene rings is 1. The van der Waals surface area contributed by atoms with Crippen LogP contribution < -0.4 is 10.6 Å². The van der Waals surface area contributed by atoms with Crippen LogP contribution in [0.25, 0.3) is 0 Å². The van der Waals surface area contributed by atoms with Crippen LogP contribution in [0.1, 0.15) is 24.1 Å². The Labute approximate surface area is 181 Å². The third-order valence-electron chi connectivity index (χ3n) is 4.91. The van der Waals surface area contributed by atoms with Gasteiger partial charge < -0.3 is 20.3 Å². The first-order valence-corrected chi connectivity index (χ1v) is 9.64. The zero-order valence-corrected chi connectivity index (χ0v) is 19.5. The number of halogens is 1. The molecule has 1 aliphatic rings. The van der Waals surface area contributed by atoms with Crippen molar-refractivity contribution in [2.75, 3.05) is 67.1 Å². The van der Waals surface area contributed by atoms with E-state index in [1.807, 2.05) is 7.05 Å². The summed E-state index contributed by atoms with van der Waals surface area (Å²) in [5.41, 5.74) is 2.70. The molecule has 0 aromatic heterocycles. The predicted octanol–water partition coefficient (Wildman–Crippen LogP) is 1.97. The van der Waals surface area contributed by atoms with E-state index in [4.69, 9.17) is 4.74 Å². The van der Waals surface area contributed by atoms with E-state index in [0.29, 0.717) is 6.04 Å². The molecular formula is C20H36IN5O. The first kappa shape index (κ1) is 24.1. The molecule has 1 saturated heterocycles. The van der Waals surface area contributed by atoms with Gasteiger partial charge in [0.25, 0.3) is 0 Å². The quantitative estimate of drug-likeness (QED) is 0.332. The van der Waals surface area contributed by atoms with Crippen molar-refractivity contribution in [3.05, 3.63) is 35.4 Å². The van der Waals surface area contributed by atoms with Crippen molar-refractivity contribution in [2.24, 2.45) is 4.99 Å². The van der Waals surface area contributed by atoms with E-state index in [9.17, 15) is 0 Å². The van der Waals surface area contributed by atoms with Crippen LogP contribution in [0.15, 0.2) is 29.3 Å². The van der Waals surface area contributed by atoms with Crippen molar-refractivity contribution >= 4 is 29.9 Å². The highest BCUT2D eigenvalue weighted by atomic mass is 127. The number of ether oxygens (including phenoxy) is 1. The van der Waals surface area contributed by atoms with Crippen molar-refractivity contribution in [1.82, 2.24) is 20.4 Å². The van der Waals surface area contributed by atoms with E-state index in [0.717, 1.165) is 58.3 Å². The summed E-state index contributed by atoms with van der Waals surface area (Å²) in [6, 6.07) is 9.22. The minimum Gasteiger partial charge on any atom is -0.379 e. The number of nitrogens with one attached hydrogen (secondary N) is 2. The molecule has 7 heteroatoms. The van der Waals surface area contributed by atoms with Gasteiger partial charge in [0.05, 0.1) is 19.3 Å². The van der Waals surface area contributed by atoms with E-state index in [2.05, 4.69) is 70.7 Å². The summed E-state index contributed by atoms with van der Waals surface area (Å²) in [6.45, 7) is 8.62. The molecule has 1 aliphatic heterocycles. The molecule has 0 saturated carbocycles. The average Bonchev–Trinajstić information content (AvgIpc) is 2.67. The summed E-state index contributed by atoms with van der Waals surface area (Å²) in [5, 5.41) is 6.89. The molecule has 0 amide bonds. The van der Waals surface area contributed by atoms with Crippen LogP contribution in [0, 0.1) is 0 Å². The Balaban J connectivity index is 0.00000364. The lowest BCUT2D eigenvalue weighted by molar-refractivity contribution is 0.0389. The lowest BCUT2D eigenvalue weighted by Crippen LogP contribution is -2.46. The van der Waals surface area contributed by atoms with Crippen LogP contribution >= 0.6 is 24.0 Å². The largest absolute Gasteiger partial charge is 0.379 e. The Kier molecular flexibility index (Phi) is 11.9. The van der Waals surface area contributed by atoms with Gasteiger partial charge in [0.2, 0.25) is 0 Å². The fourth-order valence-electron chi connectivity index (χ4n) is 3.15. The minimum atomic E-state index is 0. The Morgan fingerprint density at radius 2 is 1.85 bits per heavy atom. The van der Waals surface area contributed by atoms with Gasteiger partial charge in [-0.2, -0.15) is 0 Å². The predicted molar refractivity (Wildman–Crippen MR) is 124 cm³/mol. The van der Waals surface area contributed by atoms with Crippen LogP contribution in [-0.2, 0) is 11.2 Å². The number of aliphatic imine (C=N–C) groups is 1. The molecule has 0 radical (unpaired) electrons. The lowest BCUT2D eigenvalue weighted by Gasteiger charge is -2.28. The normalized spacial score (nSPS) is 16.7. The van der Waals surface area contributed by atoms with Gasteiger partial charge in [0.1, 0.15) is 0 Å². The molecule has 0 spiro atoms. The highest BCUT2D eigenvalue weighted by molar-refractivity contribution is 14.0. The second-order valence-corrected chi connectivity index (χ2v) is 6.91. The Bertz CT molecular complexity index is 544. The highest BCUT2D eigenvalue weighted by Gasteiger charge is 2.15. The van der Waals surface area contributed by atoms with Gasteiger partial charge in [-0.3, -0.25) is 9.89 Å². The molecule has 1 fully saturated rings. The maximum absolute atomic E-state index is 5.39. The maximum Gasteiger partial charge on any atom is 0.191 e. The summed E-state index contributed by atoms with van der Waals surface area (Å²) in [5.74, 6) is 0.857. The molecule has 1 unspecified atom stereocenters. The van der Waals surface area contributed by atoms with E-state index in [-0.39, 0.29) is 24.0 Å². The number of hydrogen-bond acceptors (Lipinski definition) is 4. The van der Waals surface area contributed by atoms with Crippen molar-refractivity contribution < 1.29 is 4.74 Å². The van der Waals surface area contributed by atoms with Crippen molar-refractivity contribution in [3.63, 3.8) is 0 Å². The van der Waals surface area contributed by atoms with Crippen molar-refractivity contribution in [2.45, 2.75) is 19.4 Å². The third kappa shape index (κ3) is 8.33. The molecule has 1 atom stereocenters. The summed E-state index contributed by atoms with van der Waals surface area (Å²) < 4.78 is 5.39. The van der Waals surface area contributed by atoms with Crippen LogP contribution in [0.4, 0.5) is 0 Å². The fraction of sp³-hybridized carbons (Fsp3) is 0.650. The fourth-order valence-corrected chi connectivity index (χ4v) is 3.15. The highest BCUT2D eigenvalue weighted by Crippen LogP contribution is 2.18. The molecule has 1 aromatic carbocycles. The first-order valence-electron chi connectivity index (χ1n) is 9.64. The SMILES string of the molecule is CCc1ccc(C(CNC(=NC)NCCN2CCOCC2)N(C)C)cc1.I. The molecule has 2 rings (SSSR count). The molecular weight excluding hydrogens is 453 g/mol.